The zero-order valence-electron chi connectivity index (χ0n) is 6.32. The Morgan fingerprint density at radius 3 is 1.60 bits per heavy atom. The first-order valence-electron chi connectivity index (χ1n) is 3.60. The van der Waals surface area contributed by atoms with Crippen LogP contribution in [0.5, 0.6) is 0 Å². The number of rotatable bonds is 0. The molecule has 2 unspecified atom stereocenters. The molecule has 10 heavy (non-hydrogen) atoms. The molecule has 0 heterocycles. The van der Waals surface area contributed by atoms with Crippen molar-refractivity contribution in [2.24, 2.45) is 0 Å². The molecule has 1 aliphatic rings. The summed E-state index contributed by atoms with van der Waals surface area (Å²) in [6, 6.07) is 0. The summed E-state index contributed by atoms with van der Waals surface area (Å²) in [6.45, 7) is 0. The molecule has 0 bridgehead atoms. The molecule has 1 fully saturated rings. The van der Waals surface area contributed by atoms with Crippen molar-refractivity contribution < 1.29 is 15.3 Å². The minimum absolute atomic E-state index is 0.237. The molecule has 0 aliphatic heterocycles. The highest BCUT2D eigenvalue weighted by molar-refractivity contribution is 4.69. The Morgan fingerprint density at radius 2 is 1.40 bits per heavy atom. The number of aliphatic hydroxyl groups excluding tert-OH is 3. The predicted molar refractivity (Wildman–Crippen MR) is 38.6 cm³/mol. The molecule has 0 radical (unpaired) electrons. The second-order valence-electron chi connectivity index (χ2n) is 2.47. The van der Waals surface area contributed by atoms with Gasteiger partial charge in [0.05, 0.1) is 12.2 Å². The van der Waals surface area contributed by atoms with Gasteiger partial charge in [-0.05, 0) is 25.7 Å². The highest BCUT2D eigenvalue weighted by Gasteiger charge is 2.16. The first kappa shape index (κ1) is 9.88. The summed E-state index contributed by atoms with van der Waals surface area (Å²) in [5.74, 6) is 0. The second-order valence-corrected chi connectivity index (χ2v) is 2.47. The average Bonchev–Trinajstić information content (AvgIpc) is 1.91. The van der Waals surface area contributed by atoms with Crippen LogP contribution < -0.4 is 0 Å². The number of hydrogen-bond donors (Lipinski definition) is 3. The van der Waals surface area contributed by atoms with Crippen LogP contribution in [-0.2, 0) is 0 Å². The van der Waals surface area contributed by atoms with Crippen LogP contribution in [0.15, 0.2) is 0 Å². The smallest absolute Gasteiger partial charge is 0.0564 e. The summed E-state index contributed by atoms with van der Waals surface area (Å²) in [7, 11) is 1.00. The largest absolute Gasteiger partial charge is 0.400 e. The zero-order valence-corrected chi connectivity index (χ0v) is 6.32. The standard InChI is InChI=1S/C6H12O2.CH4O/c7-5-2-1-3-6(8)4-5;1-2/h5-8H,1-4H2;2H,1H3. The summed E-state index contributed by atoms with van der Waals surface area (Å²) >= 11 is 0. The number of hydrogen-bond acceptors (Lipinski definition) is 3. The van der Waals surface area contributed by atoms with Gasteiger partial charge in [-0.15, -0.1) is 0 Å². The molecule has 3 N–H and O–H groups in total. The quantitative estimate of drug-likeness (QED) is 0.449. The van der Waals surface area contributed by atoms with E-state index < -0.39 is 0 Å². The van der Waals surface area contributed by atoms with Crippen molar-refractivity contribution in [1.29, 1.82) is 0 Å². The van der Waals surface area contributed by atoms with Gasteiger partial charge in [-0.3, -0.25) is 0 Å². The molecule has 0 aromatic rings. The first-order chi connectivity index (χ1) is 4.79. The maximum Gasteiger partial charge on any atom is 0.0564 e. The summed E-state index contributed by atoms with van der Waals surface area (Å²) in [5.41, 5.74) is 0. The lowest BCUT2D eigenvalue weighted by Crippen LogP contribution is -2.22. The normalized spacial score (nSPS) is 32.4. The van der Waals surface area contributed by atoms with Crippen LogP contribution in [-0.4, -0.2) is 34.6 Å². The van der Waals surface area contributed by atoms with Crippen LogP contribution in [0.2, 0.25) is 0 Å². The highest BCUT2D eigenvalue weighted by Crippen LogP contribution is 2.17. The van der Waals surface area contributed by atoms with Crippen LogP contribution in [0.4, 0.5) is 0 Å². The molecule has 62 valence electrons. The van der Waals surface area contributed by atoms with Crippen molar-refractivity contribution in [3.63, 3.8) is 0 Å². The molecule has 0 aromatic carbocycles. The van der Waals surface area contributed by atoms with Gasteiger partial charge >= 0.3 is 0 Å². The Balaban J connectivity index is 0.000000371. The van der Waals surface area contributed by atoms with Gasteiger partial charge in [-0.1, -0.05) is 0 Å². The van der Waals surface area contributed by atoms with Gasteiger partial charge in [0.25, 0.3) is 0 Å². The SMILES string of the molecule is CO.OC1CCCC(O)C1. The molecule has 1 rings (SSSR count). The minimum Gasteiger partial charge on any atom is -0.400 e. The molecule has 1 saturated carbocycles. The van der Waals surface area contributed by atoms with Crippen molar-refractivity contribution in [3.05, 3.63) is 0 Å². The van der Waals surface area contributed by atoms with Gasteiger partial charge < -0.3 is 15.3 Å². The van der Waals surface area contributed by atoms with E-state index in [-0.39, 0.29) is 12.2 Å². The monoisotopic (exact) mass is 148 g/mol. The van der Waals surface area contributed by atoms with Gasteiger partial charge in [0.1, 0.15) is 0 Å². The molecule has 0 spiro atoms. The van der Waals surface area contributed by atoms with Crippen LogP contribution in [0.25, 0.3) is 0 Å². The zero-order chi connectivity index (χ0) is 7.98. The van der Waals surface area contributed by atoms with E-state index >= 15 is 0 Å². The third kappa shape index (κ3) is 3.82. The molecule has 0 saturated heterocycles. The van der Waals surface area contributed by atoms with E-state index in [1.807, 2.05) is 0 Å². The fourth-order valence-electron chi connectivity index (χ4n) is 1.14. The lowest BCUT2D eigenvalue weighted by atomic mass is 9.95. The van der Waals surface area contributed by atoms with Crippen LogP contribution in [0.3, 0.4) is 0 Å². The molecule has 3 nitrogen and oxygen atoms in total. The van der Waals surface area contributed by atoms with Gasteiger partial charge in [0, 0.05) is 7.11 Å². The maximum atomic E-state index is 8.92. The highest BCUT2D eigenvalue weighted by atomic mass is 16.3. The van der Waals surface area contributed by atoms with Crippen molar-refractivity contribution in [1.82, 2.24) is 0 Å². The van der Waals surface area contributed by atoms with Crippen molar-refractivity contribution >= 4 is 0 Å². The minimum atomic E-state index is -0.237. The lowest BCUT2D eigenvalue weighted by molar-refractivity contribution is 0.0406. The van der Waals surface area contributed by atoms with E-state index in [0.29, 0.717) is 6.42 Å². The maximum absolute atomic E-state index is 8.92. The molecular formula is C7H16O3. The summed E-state index contributed by atoms with van der Waals surface area (Å²) < 4.78 is 0. The van der Waals surface area contributed by atoms with E-state index in [0.717, 1.165) is 26.4 Å². The molecule has 0 aromatic heterocycles. The summed E-state index contributed by atoms with van der Waals surface area (Å²) in [6.07, 6.45) is 2.83. The van der Waals surface area contributed by atoms with E-state index in [1.54, 1.807) is 0 Å². The molecule has 3 heteroatoms. The van der Waals surface area contributed by atoms with E-state index in [1.165, 1.54) is 0 Å². The fraction of sp³-hybridized carbons (Fsp3) is 1.00. The second kappa shape index (κ2) is 5.65. The number of aliphatic hydroxyl groups is 3. The first-order valence-corrected chi connectivity index (χ1v) is 3.60. The van der Waals surface area contributed by atoms with E-state index in [2.05, 4.69) is 0 Å². The Bertz CT molecular complexity index is 67.3. The van der Waals surface area contributed by atoms with Crippen LogP contribution in [0, 0.1) is 0 Å². The lowest BCUT2D eigenvalue weighted by Gasteiger charge is -2.20. The van der Waals surface area contributed by atoms with Gasteiger partial charge in [-0.25, -0.2) is 0 Å². The fourth-order valence-corrected chi connectivity index (χ4v) is 1.14. The topological polar surface area (TPSA) is 60.7 Å². The van der Waals surface area contributed by atoms with Gasteiger partial charge in [0.15, 0.2) is 0 Å². The average molecular weight is 148 g/mol. The summed E-state index contributed by atoms with van der Waals surface area (Å²) in [4.78, 5) is 0. The Kier molecular flexibility index (Phi) is 5.58. The van der Waals surface area contributed by atoms with E-state index in [4.69, 9.17) is 15.3 Å². The molecule has 1 aliphatic carbocycles. The van der Waals surface area contributed by atoms with Crippen molar-refractivity contribution in [2.45, 2.75) is 37.9 Å². The van der Waals surface area contributed by atoms with Crippen LogP contribution in [0.1, 0.15) is 25.7 Å². The molecule has 2 atom stereocenters. The molecular weight excluding hydrogens is 132 g/mol. The predicted octanol–water partition coefficient (Wildman–Crippen LogP) is -0.109. The third-order valence-corrected chi connectivity index (χ3v) is 1.62. The Labute approximate surface area is 61.3 Å². The van der Waals surface area contributed by atoms with Gasteiger partial charge in [-0.2, -0.15) is 0 Å². The Morgan fingerprint density at radius 1 is 1.00 bits per heavy atom. The van der Waals surface area contributed by atoms with Crippen molar-refractivity contribution in [3.8, 4) is 0 Å². The third-order valence-electron chi connectivity index (χ3n) is 1.62. The van der Waals surface area contributed by atoms with Gasteiger partial charge in [0.2, 0.25) is 0 Å². The van der Waals surface area contributed by atoms with Crippen molar-refractivity contribution in [2.75, 3.05) is 7.11 Å². The summed E-state index contributed by atoms with van der Waals surface area (Å²) in [5, 5.41) is 24.8. The van der Waals surface area contributed by atoms with Crippen LogP contribution >= 0.6 is 0 Å². The van der Waals surface area contributed by atoms with E-state index in [9.17, 15) is 0 Å². The Hall–Kier alpha value is -0.120. The molecule has 0 amide bonds.